The summed E-state index contributed by atoms with van der Waals surface area (Å²) in [5, 5.41) is 0. The summed E-state index contributed by atoms with van der Waals surface area (Å²) in [5.74, 6) is 0. The Hall–Kier alpha value is -1.13. The van der Waals surface area contributed by atoms with Crippen molar-refractivity contribution < 1.29 is 13.2 Å². The number of halogens is 3. The summed E-state index contributed by atoms with van der Waals surface area (Å²) in [7, 11) is 0. The highest BCUT2D eigenvalue weighted by molar-refractivity contribution is 5.21. The lowest BCUT2D eigenvalue weighted by Crippen LogP contribution is -2.20. The van der Waals surface area contributed by atoms with Crippen molar-refractivity contribution in [3.05, 3.63) is 23.3 Å². The van der Waals surface area contributed by atoms with E-state index >= 15 is 0 Å². The molecule has 1 rings (SSSR count). The predicted molar refractivity (Wildman–Crippen MR) is 50.5 cm³/mol. The van der Waals surface area contributed by atoms with Gasteiger partial charge in [0.1, 0.15) is 0 Å². The van der Waals surface area contributed by atoms with Crippen LogP contribution in [0.4, 0.5) is 13.2 Å². The number of rotatable bonds is 0. The highest BCUT2D eigenvalue weighted by Crippen LogP contribution is 2.30. The van der Waals surface area contributed by atoms with E-state index in [0.717, 1.165) is 6.20 Å². The summed E-state index contributed by atoms with van der Waals surface area (Å²) in [4.78, 5) is 7.36. The van der Waals surface area contributed by atoms with Crippen molar-refractivity contribution in [3.63, 3.8) is 0 Å². The van der Waals surface area contributed by atoms with E-state index in [0.29, 0.717) is 11.4 Å². The second kappa shape index (κ2) is 3.47. The normalized spacial score (nSPS) is 13.0. The van der Waals surface area contributed by atoms with Crippen molar-refractivity contribution in [2.24, 2.45) is 0 Å². The maximum atomic E-state index is 12.4. The van der Waals surface area contributed by atoms with Crippen LogP contribution in [0.15, 0.2) is 6.20 Å². The Balaban J connectivity index is 3.30. The first-order valence-corrected chi connectivity index (χ1v) is 4.53. The van der Waals surface area contributed by atoms with Gasteiger partial charge < -0.3 is 0 Å². The van der Waals surface area contributed by atoms with E-state index in [1.165, 1.54) is 0 Å². The number of alkyl halides is 3. The number of aryl methyl sites for hydroxylation is 1. The first-order chi connectivity index (χ1) is 6.62. The van der Waals surface area contributed by atoms with Crippen molar-refractivity contribution >= 4 is 0 Å². The quantitative estimate of drug-likeness (QED) is 0.668. The summed E-state index contributed by atoms with van der Waals surface area (Å²) in [6.45, 7) is 7.09. The summed E-state index contributed by atoms with van der Waals surface area (Å²) < 4.78 is 37.2. The molecule has 0 N–H and O–H groups in total. The minimum atomic E-state index is -4.43. The maximum absolute atomic E-state index is 12.4. The second-order valence-electron chi connectivity index (χ2n) is 4.44. The van der Waals surface area contributed by atoms with Gasteiger partial charge in [0.15, 0.2) is 5.69 Å². The van der Waals surface area contributed by atoms with Crippen LogP contribution in [0.3, 0.4) is 0 Å². The third-order valence-corrected chi connectivity index (χ3v) is 1.96. The fraction of sp³-hybridized carbons (Fsp3) is 0.600. The van der Waals surface area contributed by atoms with Crippen molar-refractivity contribution in [3.8, 4) is 0 Å². The number of nitrogens with zero attached hydrogens (tertiary/aromatic N) is 2. The van der Waals surface area contributed by atoms with Crippen LogP contribution < -0.4 is 0 Å². The van der Waals surface area contributed by atoms with Gasteiger partial charge in [-0.3, -0.25) is 4.98 Å². The Morgan fingerprint density at radius 3 is 2.07 bits per heavy atom. The standard InChI is InChI=1S/C10H13F3N2/c1-6-8(9(2,3)4)15-7(5-14-6)10(11,12)13/h5H,1-4H3. The van der Waals surface area contributed by atoms with Crippen LogP contribution in [0.25, 0.3) is 0 Å². The zero-order valence-corrected chi connectivity index (χ0v) is 9.11. The van der Waals surface area contributed by atoms with Crippen LogP contribution in [0.2, 0.25) is 0 Å². The molecule has 0 saturated heterocycles. The molecule has 0 amide bonds. The van der Waals surface area contributed by atoms with E-state index in [4.69, 9.17) is 0 Å². The zero-order chi connectivity index (χ0) is 11.9. The Labute approximate surface area is 86.6 Å². The highest BCUT2D eigenvalue weighted by Gasteiger charge is 2.34. The largest absolute Gasteiger partial charge is 0.434 e. The number of aromatic nitrogens is 2. The smallest absolute Gasteiger partial charge is 0.257 e. The Kier molecular flexibility index (Phi) is 2.76. The van der Waals surface area contributed by atoms with Gasteiger partial charge in [-0.05, 0) is 6.92 Å². The second-order valence-corrected chi connectivity index (χ2v) is 4.44. The lowest BCUT2D eigenvalue weighted by Gasteiger charge is -2.20. The molecule has 0 bridgehead atoms. The lowest BCUT2D eigenvalue weighted by atomic mass is 9.90. The van der Waals surface area contributed by atoms with Crippen LogP contribution in [0.1, 0.15) is 37.9 Å². The van der Waals surface area contributed by atoms with Gasteiger partial charge in [-0.1, -0.05) is 20.8 Å². The van der Waals surface area contributed by atoms with Crippen molar-refractivity contribution in [1.82, 2.24) is 9.97 Å². The summed E-state index contributed by atoms with van der Waals surface area (Å²) in [5.41, 5.74) is -0.441. The molecule has 5 heteroatoms. The molecule has 0 aliphatic heterocycles. The first kappa shape index (κ1) is 11.9. The molecule has 0 unspecified atom stereocenters. The Bertz CT molecular complexity index is 364. The van der Waals surface area contributed by atoms with Crippen molar-refractivity contribution in [2.45, 2.75) is 39.3 Å². The van der Waals surface area contributed by atoms with Gasteiger partial charge in [-0.15, -0.1) is 0 Å². The van der Waals surface area contributed by atoms with Crippen LogP contribution >= 0.6 is 0 Å². The molecule has 1 heterocycles. The van der Waals surface area contributed by atoms with Gasteiger partial charge in [0.25, 0.3) is 0 Å². The number of hydrogen-bond donors (Lipinski definition) is 0. The summed E-state index contributed by atoms with van der Waals surface area (Å²) >= 11 is 0. The van der Waals surface area contributed by atoms with Crippen molar-refractivity contribution in [2.75, 3.05) is 0 Å². The van der Waals surface area contributed by atoms with Crippen LogP contribution in [-0.4, -0.2) is 9.97 Å². The maximum Gasteiger partial charge on any atom is 0.434 e. The zero-order valence-electron chi connectivity index (χ0n) is 9.11. The molecule has 0 atom stereocenters. The van der Waals surface area contributed by atoms with Crippen LogP contribution in [0.5, 0.6) is 0 Å². The molecule has 0 radical (unpaired) electrons. The third kappa shape index (κ3) is 2.67. The molecular weight excluding hydrogens is 205 g/mol. The Morgan fingerprint density at radius 2 is 1.67 bits per heavy atom. The topological polar surface area (TPSA) is 25.8 Å². The van der Waals surface area contributed by atoms with E-state index in [2.05, 4.69) is 9.97 Å². The van der Waals surface area contributed by atoms with E-state index in [1.54, 1.807) is 6.92 Å². The SMILES string of the molecule is Cc1ncc(C(F)(F)F)nc1C(C)(C)C. The predicted octanol–water partition coefficient (Wildman–Crippen LogP) is 3.10. The van der Waals surface area contributed by atoms with E-state index in [-0.39, 0.29) is 0 Å². The van der Waals surface area contributed by atoms with Gasteiger partial charge in [-0.25, -0.2) is 4.98 Å². The molecule has 0 fully saturated rings. The first-order valence-electron chi connectivity index (χ1n) is 4.53. The van der Waals surface area contributed by atoms with E-state index < -0.39 is 17.3 Å². The Morgan fingerprint density at radius 1 is 1.13 bits per heavy atom. The molecule has 0 aliphatic rings. The average Bonchev–Trinajstić information content (AvgIpc) is 2.00. The molecule has 1 aromatic rings. The van der Waals surface area contributed by atoms with Gasteiger partial charge in [0, 0.05) is 5.41 Å². The molecule has 0 aliphatic carbocycles. The van der Waals surface area contributed by atoms with Gasteiger partial charge in [0.2, 0.25) is 0 Å². The fourth-order valence-electron chi connectivity index (χ4n) is 1.30. The van der Waals surface area contributed by atoms with Crippen LogP contribution in [0, 0.1) is 6.92 Å². The number of hydrogen-bond acceptors (Lipinski definition) is 2. The van der Waals surface area contributed by atoms with E-state index in [9.17, 15) is 13.2 Å². The third-order valence-electron chi connectivity index (χ3n) is 1.96. The summed E-state index contributed by atoms with van der Waals surface area (Å²) in [6, 6.07) is 0. The fourth-order valence-corrected chi connectivity index (χ4v) is 1.30. The molecule has 84 valence electrons. The molecule has 15 heavy (non-hydrogen) atoms. The molecule has 0 spiro atoms. The van der Waals surface area contributed by atoms with Gasteiger partial charge in [-0.2, -0.15) is 13.2 Å². The van der Waals surface area contributed by atoms with E-state index in [1.807, 2.05) is 20.8 Å². The lowest BCUT2D eigenvalue weighted by molar-refractivity contribution is -0.141. The molecule has 2 nitrogen and oxygen atoms in total. The summed E-state index contributed by atoms with van der Waals surface area (Å²) in [6.07, 6.45) is -3.66. The van der Waals surface area contributed by atoms with Crippen molar-refractivity contribution in [1.29, 1.82) is 0 Å². The average molecular weight is 218 g/mol. The minimum absolute atomic E-state index is 0.386. The van der Waals surface area contributed by atoms with Gasteiger partial charge in [0.05, 0.1) is 17.6 Å². The molecule has 0 aromatic carbocycles. The van der Waals surface area contributed by atoms with Crippen LogP contribution in [-0.2, 0) is 11.6 Å². The highest BCUT2D eigenvalue weighted by atomic mass is 19.4. The van der Waals surface area contributed by atoms with Gasteiger partial charge >= 0.3 is 6.18 Å². The minimum Gasteiger partial charge on any atom is -0.257 e. The molecular formula is C10H13F3N2. The molecule has 0 saturated carbocycles. The monoisotopic (exact) mass is 218 g/mol. The molecule has 1 aromatic heterocycles.